The Bertz CT molecular complexity index is 303. The highest BCUT2D eigenvalue weighted by molar-refractivity contribution is 5.30. The number of hydrogen-bond donors (Lipinski definition) is 1. The van der Waals surface area contributed by atoms with E-state index in [-0.39, 0.29) is 12.5 Å². The van der Waals surface area contributed by atoms with Gasteiger partial charge in [0, 0.05) is 11.8 Å². The fraction of sp³-hybridized carbons (Fsp3) is 0.500. The molecule has 1 aromatic carbocycles. The van der Waals surface area contributed by atoms with Crippen LogP contribution in [0, 0.1) is 5.92 Å². The standard InChI is InChI=1S/C12H16O3/c1-14-11-4-2-9(3-5-11)12(6-13)10-7-15-8-10/h2-5,10,12-13H,6-8H2,1H3. The van der Waals surface area contributed by atoms with Gasteiger partial charge >= 0.3 is 0 Å². The smallest absolute Gasteiger partial charge is 0.118 e. The number of rotatable bonds is 4. The molecule has 0 spiro atoms. The summed E-state index contributed by atoms with van der Waals surface area (Å²) in [5.74, 6) is 1.51. The molecule has 1 aliphatic heterocycles. The summed E-state index contributed by atoms with van der Waals surface area (Å²) in [5.41, 5.74) is 1.16. The number of aliphatic hydroxyl groups is 1. The summed E-state index contributed by atoms with van der Waals surface area (Å²) in [6.45, 7) is 1.70. The summed E-state index contributed by atoms with van der Waals surface area (Å²) < 4.78 is 10.2. The number of benzene rings is 1. The molecule has 0 amide bonds. The van der Waals surface area contributed by atoms with Gasteiger partial charge in [-0.1, -0.05) is 12.1 Å². The fourth-order valence-corrected chi connectivity index (χ4v) is 1.86. The van der Waals surface area contributed by atoms with E-state index in [1.807, 2.05) is 24.3 Å². The number of aliphatic hydroxyl groups excluding tert-OH is 1. The van der Waals surface area contributed by atoms with E-state index in [9.17, 15) is 5.11 Å². The predicted molar refractivity (Wildman–Crippen MR) is 57.1 cm³/mol. The summed E-state index contributed by atoms with van der Waals surface area (Å²) in [4.78, 5) is 0. The van der Waals surface area contributed by atoms with Crippen LogP contribution in [0.5, 0.6) is 5.75 Å². The summed E-state index contributed by atoms with van der Waals surface area (Å²) in [6.07, 6.45) is 0. The van der Waals surface area contributed by atoms with E-state index >= 15 is 0 Å². The third-order valence-corrected chi connectivity index (χ3v) is 2.97. The Morgan fingerprint density at radius 1 is 1.40 bits per heavy atom. The van der Waals surface area contributed by atoms with Crippen molar-refractivity contribution in [2.75, 3.05) is 26.9 Å². The molecular formula is C12H16O3. The van der Waals surface area contributed by atoms with Crippen LogP contribution in [0.4, 0.5) is 0 Å². The number of methoxy groups -OCH3 is 1. The van der Waals surface area contributed by atoms with Gasteiger partial charge in [-0.05, 0) is 17.7 Å². The van der Waals surface area contributed by atoms with E-state index in [4.69, 9.17) is 9.47 Å². The van der Waals surface area contributed by atoms with Crippen LogP contribution in [0.25, 0.3) is 0 Å². The van der Waals surface area contributed by atoms with Crippen molar-refractivity contribution in [2.24, 2.45) is 5.92 Å². The Morgan fingerprint density at radius 3 is 2.47 bits per heavy atom. The third kappa shape index (κ3) is 2.13. The quantitative estimate of drug-likeness (QED) is 0.813. The zero-order chi connectivity index (χ0) is 10.7. The van der Waals surface area contributed by atoms with Gasteiger partial charge in [-0.2, -0.15) is 0 Å². The second-order valence-corrected chi connectivity index (χ2v) is 3.86. The van der Waals surface area contributed by atoms with E-state index < -0.39 is 0 Å². The molecular weight excluding hydrogens is 192 g/mol. The van der Waals surface area contributed by atoms with Crippen molar-refractivity contribution < 1.29 is 14.6 Å². The zero-order valence-electron chi connectivity index (χ0n) is 8.85. The molecule has 1 heterocycles. The van der Waals surface area contributed by atoms with Gasteiger partial charge in [0.05, 0.1) is 26.9 Å². The molecule has 82 valence electrons. The van der Waals surface area contributed by atoms with Crippen molar-refractivity contribution in [3.8, 4) is 5.75 Å². The minimum atomic E-state index is 0.181. The minimum absolute atomic E-state index is 0.181. The van der Waals surface area contributed by atoms with Crippen LogP contribution in [-0.4, -0.2) is 32.0 Å². The lowest BCUT2D eigenvalue weighted by Crippen LogP contribution is -2.34. The molecule has 1 unspecified atom stereocenters. The fourth-order valence-electron chi connectivity index (χ4n) is 1.86. The van der Waals surface area contributed by atoms with E-state index in [1.165, 1.54) is 0 Å². The molecule has 1 aliphatic rings. The molecule has 3 heteroatoms. The largest absolute Gasteiger partial charge is 0.497 e. The van der Waals surface area contributed by atoms with Crippen LogP contribution >= 0.6 is 0 Å². The van der Waals surface area contributed by atoms with Gasteiger partial charge in [-0.25, -0.2) is 0 Å². The first-order valence-electron chi connectivity index (χ1n) is 5.17. The first-order valence-corrected chi connectivity index (χ1v) is 5.17. The van der Waals surface area contributed by atoms with Crippen LogP contribution in [-0.2, 0) is 4.74 Å². The highest BCUT2D eigenvalue weighted by Crippen LogP contribution is 2.30. The van der Waals surface area contributed by atoms with Gasteiger partial charge in [0.25, 0.3) is 0 Å². The highest BCUT2D eigenvalue weighted by atomic mass is 16.5. The van der Waals surface area contributed by atoms with E-state index in [2.05, 4.69) is 0 Å². The number of hydrogen-bond acceptors (Lipinski definition) is 3. The maximum Gasteiger partial charge on any atom is 0.118 e. The normalized spacial score (nSPS) is 18.3. The molecule has 15 heavy (non-hydrogen) atoms. The number of ether oxygens (including phenoxy) is 2. The van der Waals surface area contributed by atoms with Crippen molar-refractivity contribution >= 4 is 0 Å². The second kappa shape index (κ2) is 4.64. The lowest BCUT2D eigenvalue weighted by Gasteiger charge is -2.33. The Labute approximate surface area is 89.6 Å². The Hall–Kier alpha value is -1.06. The van der Waals surface area contributed by atoms with Gasteiger partial charge in [-0.3, -0.25) is 0 Å². The maximum absolute atomic E-state index is 9.35. The monoisotopic (exact) mass is 208 g/mol. The molecule has 0 saturated carbocycles. The molecule has 1 N–H and O–H groups in total. The lowest BCUT2D eigenvalue weighted by atomic mass is 9.85. The molecule has 3 nitrogen and oxygen atoms in total. The van der Waals surface area contributed by atoms with Crippen LogP contribution in [0.3, 0.4) is 0 Å². The first kappa shape index (κ1) is 10.5. The summed E-state index contributed by atoms with van der Waals surface area (Å²) in [6, 6.07) is 7.88. The van der Waals surface area contributed by atoms with Crippen molar-refractivity contribution in [1.29, 1.82) is 0 Å². The Balaban J connectivity index is 2.11. The maximum atomic E-state index is 9.35. The molecule has 0 radical (unpaired) electrons. The van der Waals surface area contributed by atoms with Crippen molar-refractivity contribution in [2.45, 2.75) is 5.92 Å². The molecule has 0 bridgehead atoms. The minimum Gasteiger partial charge on any atom is -0.497 e. The van der Waals surface area contributed by atoms with Gasteiger partial charge in [0.2, 0.25) is 0 Å². The van der Waals surface area contributed by atoms with Gasteiger partial charge in [0.1, 0.15) is 5.75 Å². The van der Waals surface area contributed by atoms with Gasteiger partial charge in [0.15, 0.2) is 0 Å². The average molecular weight is 208 g/mol. The van der Waals surface area contributed by atoms with Gasteiger partial charge < -0.3 is 14.6 Å². The SMILES string of the molecule is COc1ccc(C(CO)C2COC2)cc1. The predicted octanol–water partition coefficient (Wildman–Crippen LogP) is 1.42. The molecule has 0 aliphatic carbocycles. The molecule has 1 saturated heterocycles. The zero-order valence-corrected chi connectivity index (χ0v) is 8.85. The van der Waals surface area contributed by atoms with Crippen LogP contribution in [0.1, 0.15) is 11.5 Å². The van der Waals surface area contributed by atoms with Crippen LogP contribution in [0.2, 0.25) is 0 Å². The highest BCUT2D eigenvalue weighted by Gasteiger charge is 2.28. The topological polar surface area (TPSA) is 38.7 Å². The average Bonchev–Trinajstić information content (AvgIpc) is 2.23. The van der Waals surface area contributed by atoms with Gasteiger partial charge in [-0.15, -0.1) is 0 Å². The van der Waals surface area contributed by atoms with E-state index in [0.717, 1.165) is 24.5 Å². The Kier molecular flexibility index (Phi) is 3.23. The first-order chi connectivity index (χ1) is 7.35. The van der Waals surface area contributed by atoms with Crippen molar-refractivity contribution in [3.63, 3.8) is 0 Å². The summed E-state index contributed by atoms with van der Waals surface area (Å²) in [5, 5.41) is 9.35. The molecule has 0 aromatic heterocycles. The summed E-state index contributed by atoms with van der Waals surface area (Å²) >= 11 is 0. The van der Waals surface area contributed by atoms with Crippen LogP contribution < -0.4 is 4.74 Å². The molecule has 2 rings (SSSR count). The van der Waals surface area contributed by atoms with E-state index in [0.29, 0.717) is 5.92 Å². The van der Waals surface area contributed by atoms with Crippen molar-refractivity contribution in [1.82, 2.24) is 0 Å². The lowest BCUT2D eigenvalue weighted by molar-refractivity contribution is -0.0527. The molecule has 1 atom stereocenters. The Morgan fingerprint density at radius 2 is 2.07 bits per heavy atom. The van der Waals surface area contributed by atoms with Crippen molar-refractivity contribution in [3.05, 3.63) is 29.8 Å². The molecule has 1 aromatic rings. The second-order valence-electron chi connectivity index (χ2n) is 3.86. The summed E-state index contributed by atoms with van der Waals surface area (Å²) in [7, 11) is 1.65. The third-order valence-electron chi connectivity index (χ3n) is 2.97. The van der Waals surface area contributed by atoms with Crippen LogP contribution in [0.15, 0.2) is 24.3 Å². The molecule has 1 fully saturated rings. The van der Waals surface area contributed by atoms with E-state index in [1.54, 1.807) is 7.11 Å².